The fraction of sp³-hybridized carbons (Fsp3) is 0.333. The number of ketones is 1. The highest BCUT2D eigenvalue weighted by Crippen LogP contribution is 2.62. The van der Waals surface area contributed by atoms with E-state index in [1.54, 1.807) is 24.3 Å². The number of carbonyl (C=O) groups is 3. The van der Waals surface area contributed by atoms with Crippen molar-refractivity contribution in [3.05, 3.63) is 64.7 Å². The van der Waals surface area contributed by atoms with E-state index in [4.69, 9.17) is 16.4 Å². The lowest BCUT2D eigenvalue weighted by molar-refractivity contribution is -0.125. The van der Waals surface area contributed by atoms with Gasteiger partial charge in [-0.15, -0.1) is 0 Å². The van der Waals surface area contributed by atoms with E-state index in [1.807, 2.05) is 24.3 Å². The quantitative estimate of drug-likeness (QED) is 0.545. The Bertz CT molecular complexity index is 1160. The Morgan fingerprint density at radius 2 is 1.61 bits per heavy atom. The number of hydrogen-bond donors (Lipinski definition) is 0. The van der Waals surface area contributed by atoms with Gasteiger partial charge in [-0.3, -0.25) is 19.3 Å². The number of benzene rings is 2. The second-order valence-electron chi connectivity index (χ2n) is 8.81. The molecule has 2 heterocycles. The standard InChI is InChI=1S/C24H19ClN2O4/c1-11(28)12-4-8-15(9-5-12)27-23(29)18-16-10-17(19(18)24(27)30)22-20(16)21(26-31-22)13-2-6-14(25)7-3-13/h2-9,16-20,22H,10H2,1H3/t16-,17+,18+,19+,20+,22-/m1/s1. The maximum Gasteiger partial charge on any atom is 0.238 e. The summed E-state index contributed by atoms with van der Waals surface area (Å²) in [7, 11) is 0. The Balaban J connectivity index is 1.32. The molecule has 156 valence electrons. The molecular formula is C24H19ClN2O4. The minimum absolute atomic E-state index is 0.00390. The lowest BCUT2D eigenvalue weighted by atomic mass is 9.71. The van der Waals surface area contributed by atoms with Crippen molar-refractivity contribution in [3.63, 3.8) is 0 Å². The summed E-state index contributed by atoms with van der Waals surface area (Å²) >= 11 is 6.02. The van der Waals surface area contributed by atoms with Crippen LogP contribution in [0.1, 0.15) is 29.3 Å². The average Bonchev–Trinajstić information content (AvgIpc) is 3.49. The molecule has 4 aliphatic rings. The van der Waals surface area contributed by atoms with Gasteiger partial charge in [0.1, 0.15) is 6.10 Å². The Morgan fingerprint density at radius 3 is 2.26 bits per heavy atom. The Hall–Kier alpha value is -2.99. The number of carbonyl (C=O) groups excluding carboxylic acids is 3. The van der Waals surface area contributed by atoms with Crippen LogP contribution in [0.3, 0.4) is 0 Å². The first kappa shape index (κ1) is 18.8. The smallest absolute Gasteiger partial charge is 0.238 e. The molecule has 0 unspecified atom stereocenters. The number of rotatable bonds is 3. The van der Waals surface area contributed by atoms with Gasteiger partial charge in [-0.2, -0.15) is 0 Å². The van der Waals surface area contributed by atoms with Gasteiger partial charge in [0, 0.05) is 22.4 Å². The molecule has 0 aromatic heterocycles. The first-order valence-electron chi connectivity index (χ1n) is 10.4. The molecule has 3 fully saturated rings. The van der Waals surface area contributed by atoms with Gasteiger partial charge in [-0.1, -0.05) is 28.9 Å². The van der Waals surface area contributed by atoms with Crippen LogP contribution in [0.2, 0.25) is 5.02 Å². The van der Waals surface area contributed by atoms with Gasteiger partial charge in [-0.25, -0.2) is 0 Å². The molecular weight excluding hydrogens is 416 g/mol. The normalized spacial score (nSPS) is 32.7. The van der Waals surface area contributed by atoms with Gasteiger partial charge < -0.3 is 4.84 Å². The summed E-state index contributed by atoms with van der Waals surface area (Å²) < 4.78 is 0. The third kappa shape index (κ3) is 2.51. The molecule has 2 bridgehead atoms. The van der Waals surface area contributed by atoms with E-state index < -0.39 is 0 Å². The van der Waals surface area contributed by atoms with E-state index in [1.165, 1.54) is 11.8 Å². The second-order valence-corrected chi connectivity index (χ2v) is 9.25. The van der Waals surface area contributed by atoms with Gasteiger partial charge in [0.15, 0.2) is 5.78 Å². The lowest BCUT2D eigenvalue weighted by Gasteiger charge is -2.29. The highest BCUT2D eigenvalue weighted by molar-refractivity contribution is 6.30. The van der Waals surface area contributed by atoms with Crippen molar-refractivity contribution in [2.24, 2.45) is 34.7 Å². The lowest BCUT2D eigenvalue weighted by Crippen LogP contribution is -2.41. The molecule has 2 saturated carbocycles. The van der Waals surface area contributed by atoms with E-state index in [2.05, 4.69) is 5.16 Å². The highest BCUT2D eigenvalue weighted by atomic mass is 35.5. The van der Waals surface area contributed by atoms with E-state index in [9.17, 15) is 14.4 Å². The number of oxime groups is 1. The van der Waals surface area contributed by atoms with Gasteiger partial charge in [0.2, 0.25) is 11.8 Å². The largest absolute Gasteiger partial charge is 0.391 e. The summed E-state index contributed by atoms with van der Waals surface area (Å²) in [5, 5.41) is 5.00. The number of amides is 2. The molecule has 2 aromatic carbocycles. The number of hydrogen-bond acceptors (Lipinski definition) is 5. The third-order valence-corrected chi connectivity index (χ3v) is 7.61. The Kier molecular flexibility index (Phi) is 3.93. The highest BCUT2D eigenvalue weighted by Gasteiger charge is 2.70. The number of halogens is 1. The molecule has 7 heteroatoms. The molecule has 6 atom stereocenters. The van der Waals surface area contributed by atoms with Crippen molar-refractivity contribution >= 4 is 40.6 Å². The summed E-state index contributed by atoms with van der Waals surface area (Å²) in [5.74, 6) is -1.10. The predicted octanol–water partition coefficient (Wildman–Crippen LogP) is 3.72. The SMILES string of the molecule is CC(=O)c1ccc(N2C(=O)[C@H]3[C@@H]4C[C@@H]([C@H]5C(c6ccc(Cl)cc6)=NO[C@H]45)[C@@H]3C2=O)cc1. The third-order valence-electron chi connectivity index (χ3n) is 7.36. The molecule has 6 rings (SSSR count). The zero-order chi connectivity index (χ0) is 21.4. The van der Waals surface area contributed by atoms with Crippen molar-refractivity contribution in [1.29, 1.82) is 0 Å². The Morgan fingerprint density at radius 1 is 0.968 bits per heavy atom. The van der Waals surface area contributed by atoms with Crippen molar-refractivity contribution < 1.29 is 19.2 Å². The van der Waals surface area contributed by atoms with Crippen LogP contribution in [0, 0.1) is 29.6 Å². The number of anilines is 1. The summed E-state index contributed by atoms with van der Waals surface area (Å²) in [6.45, 7) is 1.49. The summed E-state index contributed by atoms with van der Waals surface area (Å²) in [6, 6.07) is 14.1. The molecule has 0 radical (unpaired) electrons. The first-order valence-corrected chi connectivity index (χ1v) is 10.8. The van der Waals surface area contributed by atoms with Crippen LogP contribution in [-0.4, -0.2) is 29.4 Å². The summed E-state index contributed by atoms with van der Waals surface area (Å²) in [5.41, 5.74) is 2.85. The summed E-state index contributed by atoms with van der Waals surface area (Å²) in [4.78, 5) is 45.4. The van der Waals surface area contributed by atoms with Gasteiger partial charge in [-0.05, 0) is 61.2 Å². The number of nitrogens with zero attached hydrogens (tertiary/aromatic N) is 2. The van der Waals surface area contributed by atoms with Crippen molar-refractivity contribution in [1.82, 2.24) is 0 Å². The van der Waals surface area contributed by atoms with E-state index in [0.29, 0.717) is 16.3 Å². The molecule has 1 saturated heterocycles. The monoisotopic (exact) mass is 434 g/mol. The van der Waals surface area contributed by atoms with Gasteiger partial charge in [0.05, 0.1) is 23.2 Å². The van der Waals surface area contributed by atoms with Crippen LogP contribution in [0.5, 0.6) is 0 Å². The number of Topliss-reactive ketones (excluding diaryl/α,β-unsaturated/α-hetero) is 1. The minimum Gasteiger partial charge on any atom is -0.391 e. The Labute approximate surface area is 183 Å². The van der Waals surface area contributed by atoms with E-state index in [-0.39, 0.29) is 53.3 Å². The second kappa shape index (κ2) is 6.50. The predicted molar refractivity (Wildman–Crippen MR) is 114 cm³/mol. The first-order chi connectivity index (χ1) is 15.0. The maximum absolute atomic E-state index is 13.4. The minimum atomic E-state index is -0.369. The molecule has 0 spiro atoms. The van der Waals surface area contributed by atoms with Crippen LogP contribution in [0.4, 0.5) is 5.69 Å². The van der Waals surface area contributed by atoms with Gasteiger partial charge in [0.25, 0.3) is 0 Å². The van der Waals surface area contributed by atoms with Crippen molar-refractivity contribution in [2.45, 2.75) is 19.4 Å². The molecule has 0 N–H and O–H groups in total. The maximum atomic E-state index is 13.4. The van der Waals surface area contributed by atoms with Crippen LogP contribution in [0.25, 0.3) is 0 Å². The van der Waals surface area contributed by atoms with Gasteiger partial charge >= 0.3 is 0 Å². The van der Waals surface area contributed by atoms with Crippen LogP contribution in [0.15, 0.2) is 53.7 Å². The molecule has 6 nitrogen and oxygen atoms in total. The van der Waals surface area contributed by atoms with Crippen LogP contribution in [-0.2, 0) is 14.4 Å². The molecule has 2 amide bonds. The fourth-order valence-electron chi connectivity index (χ4n) is 6.08. The molecule has 2 aromatic rings. The van der Waals surface area contributed by atoms with Crippen LogP contribution >= 0.6 is 11.6 Å². The van der Waals surface area contributed by atoms with Crippen LogP contribution < -0.4 is 4.90 Å². The molecule has 31 heavy (non-hydrogen) atoms. The number of fused-ring (bicyclic) bond motifs is 8. The summed E-state index contributed by atoms with van der Waals surface area (Å²) in [6.07, 6.45) is 0.625. The zero-order valence-electron chi connectivity index (χ0n) is 16.7. The molecule has 2 aliphatic heterocycles. The zero-order valence-corrected chi connectivity index (χ0v) is 17.5. The van der Waals surface area contributed by atoms with E-state index in [0.717, 1.165) is 17.7 Å². The molecule has 2 aliphatic carbocycles. The average molecular weight is 435 g/mol. The van der Waals surface area contributed by atoms with Crippen molar-refractivity contribution in [2.75, 3.05) is 4.90 Å². The number of imide groups is 1. The fourth-order valence-corrected chi connectivity index (χ4v) is 6.21. The van der Waals surface area contributed by atoms with E-state index >= 15 is 0 Å². The topological polar surface area (TPSA) is 76.0 Å². The van der Waals surface area contributed by atoms with Crippen molar-refractivity contribution in [3.8, 4) is 0 Å².